The lowest BCUT2D eigenvalue weighted by molar-refractivity contribution is -0.116. The van der Waals surface area contributed by atoms with Gasteiger partial charge in [-0.15, -0.1) is 11.3 Å². The summed E-state index contributed by atoms with van der Waals surface area (Å²) < 4.78 is 0. The van der Waals surface area contributed by atoms with Gasteiger partial charge in [0, 0.05) is 18.7 Å². The molecule has 5 heteroatoms. The first-order valence-corrected chi connectivity index (χ1v) is 8.65. The number of carbonyl (C=O) groups is 2. The predicted molar refractivity (Wildman–Crippen MR) is 95.0 cm³/mol. The van der Waals surface area contributed by atoms with Crippen LogP contribution in [-0.4, -0.2) is 18.4 Å². The van der Waals surface area contributed by atoms with Crippen LogP contribution in [0.2, 0.25) is 0 Å². The van der Waals surface area contributed by atoms with E-state index >= 15 is 0 Å². The Kier molecular flexibility index (Phi) is 6.35. The van der Waals surface area contributed by atoms with Gasteiger partial charge in [0.05, 0.1) is 4.88 Å². The van der Waals surface area contributed by atoms with E-state index < -0.39 is 0 Å². The molecule has 2 N–H and O–H groups in total. The second-order valence-electron chi connectivity index (χ2n) is 5.67. The molecule has 0 unspecified atom stereocenters. The van der Waals surface area contributed by atoms with Gasteiger partial charge in [-0.2, -0.15) is 0 Å². The third-order valence-corrected chi connectivity index (χ3v) is 4.32. The van der Waals surface area contributed by atoms with Gasteiger partial charge in [0.25, 0.3) is 5.91 Å². The number of nitrogens with one attached hydrogen (secondary N) is 2. The molecule has 1 aromatic heterocycles. The van der Waals surface area contributed by atoms with Crippen LogP contribution in [-0.2, 0) is 4.79 Å². The van der Waals surface area contributed by atoms with E-state index in [4.69, 9.17) is 0 Å². The van der Waals surface area contributed by atoms with Crippen molar-refractivity contribution < 1.29 is 9.59 Å². The van der Waals surface area contributed by atoms with Crippen molar-refractivity contribution in [2.24, 2.45) is 0 Å². The maximum Gasteiger partial charge on any atom is 0.261 e. The summed E-state index contributed by atoms with van der Waals surface area (Å²) in [6.07, 6.45) is 1.00. The van der Waals surface area contributed by atoms with Gasteiger partial charge in [0.15, 0.2) is 0 Å². The molecule has 2 amide bonds. The summed E-state index contributed by atoms with van der Waals surface area (Å²) in [6.45, 7) is 4.74. The molecule has 0 spiro atoms. The van der Waals surface area contributed by atoms with Crippen LogP contribution in [0.15, 0.2) is 41.8 Å². The van der Waals surface area contributed by atoms with Gasteiger partial charge < -0.3 is 10.6 Å². The van der Waals surface area contributed by atoms with Gasteiger partial charge in [0.1, 0.15) is 0 Å². The van der Waals surface area contributed by atoms with E-state index in [1.165, 1.54) is 16.9 Å². The molecule has 0 atom stereocenters. The first-order valence-electron chi connectivity index (χ1n) is 7.78. The first kappa shape index (κ1) is 17.2. The molecule has 1 heterocycles. The van der Waals surface area contributed by atoms with E-state index in [0.717, 1.165) is 5.69 Å². The normalized spacial score (nSPS) is 10.6. The molecule has 0 radical (unpaired) electrons. The van der Waals surface area contributed by atoms with Crippen molar-refractivity contribution in [1.29, 1.82) is 0 Å². The molecular weight excluding hydrogens is 308 g/mol. The maximum absolute atomic E-state index is 11.9. The molecule has 0 fully saturated rings. The average molecular weight is 330 g/mol. The monoisotopic (exact) mass is 330 g/mol. The molecule has 0 aliphatic heterocycles. The molecule has 2 rings (SSSR count). The summed E-state index contributed by atoms with van der Waals surface area (Å²) in [4.78, 5) is 24.4. The molecular formula is C18H22N2O2S. The minimum Gasteiger partial charge on any atom is -0.351 e. The van der Waals surface area contributed by atoms with Crippen molar-refractivity contribution in [2.75, 3.05) is 11.9 Å². The van der Waals surface area contributed by atoms with E-state index in [9.17, 15) is 9.59 Å². The molecule has 4 nitrogen and oxygen atoms in total. The van der Waals surface area contributed by atoms with Gasteiger partial charge in [0.2, 0.25) is 5.91 Å². The summed E-state index contributed by atoms with van der Waals surface area (Å²) in [7, 11) is 0. The fourth-order valence-corrected chi connectivity index (χ4v) is 2.78. The summed E-state index contributed by atoms with van der Waals surface area (Å²) in [5.41, 5.74) is 2.02. The Labute approximate surface area is 140 Å². The molecule has 0 saturated heterocycles. The van der Waals surface area contributed by atoms with Crippen LogP contribution in [0.4, 0.5) is 5.69 Å². The zero-order valence-electron chi connectivity index (χ0n) is 13.5. The van der Waals surface area contributed by atoms with Gasteiger partial charge in [-0.05, 0) is 41.5 Å². The highest BCUT2D eigenvalue weighted by molar-refractivity contribution is 7.12. The average Bonchev–Trinajstić information content (AvgIpc) is 3.06. The van der Waals surface area contributed by atoms with Crippen LogP contribution in [0.5, 0.6) is 0 Å². The zero-order chi connectivity index (χ0) is 16.7. The molecule has 0 saturated carbocycles. The van der Waals surface area contributed by atoms with E-state index in [1.807, 2.05) is 29.6 Å². The summed E-state index contributed by atoms with van der Waals surface area (Å²) in [5, 5.41) is 7.59. The lowest BCUT2D eigenvalue weighted by Crippen LogP contribution is -2.24. The van der Waals surface area contributed by atoms with Crippen LogP contribution in [0, 0.1) is 0 Å². The highest BCUT2D eigenvalue weighted by Gasteiger charge is 2.07. The lowest BCUT2D eigenvalue weighted by atomic mass is 10.0. The van der Waals surface area contributed by atoms with E-state index in [1.54, 1.807) is 6.07 Å². The molecule has 2 aromatic rings. The van der Waals surface area contributed by atoms with Crippen molar-refractivity contribution in [1.82, 2.24) is 5.32 Å². The zero-order valence-corrected chi connectivity index (χ0v) is 14.3. The molecule has 23 heavy (non-hydrogen) atoms. The molecule has 1 aromatic carbocycles. The number of anilines is 1. The van der Waals surface area contributed by atoms with E-state index in [0.29, 0.717) is 30.2 Å². The number of carbonyl (C=O) groups excluding carboxylic acids is 2. The SMILES string of the molecule is CC(C)c1cccc(NC(=O)CCCNC(=O)c2cccs2)c1. The fourth-order valence-electron chi connectivity index (χ4n) is 2.14. The lowest BCUT2D eigenvalue weighted by Gasteiger charge is -2.09. The van der Waals surface area contributed by atoms with Crippen LogP contribution >= 0.6 is 11.3 Å². The molecule has 122 valence electrons. The minimum absolute atomic E-state index is 0.0312. The second kappa shape index (κ2) is 8.48. The van der Waals surface area contributed by atoms with Crippen molar-refractivity contribution >= 4 is 28.8 Å². The number of thiophene rings is 1. The Morgan fingerprint density at radius 3 is 2.70 bits per heavy atom. The third kappa shape index (κ3) is 5.53. The maximum atomic E-state index is 11.9. The van der Waals surface area contributed by atoms with Gasteiger partial charge in [-0.25, -0.2) is 0 Å². The standard InChI is InChI=1S/C18H22N2O2S/c1-13(2)14-6-3-7-15(12-14)20-17(21)9-4-10-19-18(22)16-8-5-11-23-16/h3,5-8,11-13H,4,9-10H2,1-2H3,(H,19,22)(H,20,21). The summed E-state index contributed by atoms with van der Waals surface area (Å²) in [5.74, 6) is 0.320. The second-order valence-corrected chi connectivity index (χ2v) is 6.61. The van der Waals surface area contributed by atoms with Crippen LogP contribution in [0.25, 0.3) is 0 Å². The summed E-state index contributed by atoms with van der Waals surface area (Å²) in [6, 6.07) is 11.5. The Balaban J connectivity index is 1.71. The highest BCUT2D eigenvalue weighted by atomic mass is 32.1. The fraction of sp³-hybridized carbons (Fsp3) is 0.333. The number of benzene rings is 1. The molecule has 0 aliphatic carbocycles. The minimum atomic E-state index is -0.0787. The van der Waals surface area contributed by atoms with Crippen LogP contribution in [0.1, 0.15) is 47.8 Å². The number of rotatable bonds is 7. The largest absolute Gasteiger partial charge is 0.351 e. The molecule has 0 aliphatic rings. The summed E-state index contributed by atoms with van der Waals surface area (Å²) >= 11 is 1.41. The Hall–Kier alpha value is -2.14. The topological polar surface area (TPSA) is 58.2 Å². The number of hydrogen-bond acceptors (Lipinski definition) is 3. The number of amides is 2. The Morgan fingerprint density at radius 2 is 2.00 bits per heavy atom. The smallest absolute Gasteiger partial charge is 0.261 e. The Bertz CT molecular complexity index is 651. The van der Waals surface area contributed by atoms with Crippen molar-refractivity contribution in [3.63, 3.8) is 0 Å². The third-order valence-electron chi connectivity index (χ3n) is 3.45. The van der Waals surface area contributed by atoms with Crippen molar-refractivity contribution in [2.45, 2.75) is 32.6 Å². The molecule has 0 bridgehead atoms. The van der Waals surface area contributed by atoms with Crippen LogP contribution < -0.4 is 10.6 Å². The van der Waals surface area contributed by atoms with E-state index in [-0.39, 0.29) is 11.8 Å². The predicted octanol–water partition coefficient (Wildman–Crippen LogP) is 4.02. The van der Waals surface area contributed by atoms with Crippen molar-refractivity contribution in [3.8, 4) is 0 Å². The number of hydrogen-bond donors (Lipinski definition) is 2. The van der Waals surface area contributed by atoms with Crippen LogP contribution in [0.3, 0.4) is 0 Å². The van der Waals surface area contributed by atoms with Crippen molar-refractivity contribution in [3.05, 3.63) is 52.2 Å². The highest BCUT2D eigenvalue weighted by Crippen LogP contribution is 2.18. The first-order chi connectivity index (χ1) is 11.1. The van der Waals surface area contributed by atoms with Gasteiger partial charge in [-0.1, -0.05) is 32.0 Å². The Morgan fingerprint density at radius 1 is 1.17 bits per heavy atom. The van der Waals surface area contributed by atoms with Gasteiger partial charge in [-0.3, -0.25) is 9.59 Å². The quantitative estimate of drug-likeness (QED) is 0.753. The van der Waals surface area contributed by atoms with E-state index in [2.05, 4.69) is 30.5 Å². The van der Waals surface area contributed by atoms with Gasteiger partial charge >= 0.3 is 0 Å².